The second-order valence-corrected chi connectivity index (χ2v) is 5.68. The predicted octanol–water partition coefficient (Wildman–Crippen LogP) is 1.88. The molecular formula is C16H25N3O2. The van der Waals surface area contributed by atoms with E-state index in [4.69, 9.17) is 10.5 Å². The Morgan fingerprint density at radius 1 is 1.52 bits per heavy atom. The van der Waals surface area contributed by atoms with Crippen LogP contribution < -0.4 is 15.8 Å². The van der Waals surface area contributed by atoms with E-state index in [0.29, 0.717) is 29.6 Å². The van der Waals surface area contributed by atoms with Crippen molar-refractivity contribution < 1.29 is 9.53 Å². The van der Waals surface area contributed by atoms with E-state index in [1.807, 2.05) is 6.92 Å². The summed E-state index contributed by atoms with van der Waals surface area (Å²) < 4.78 is 5.52. The largest absolute Gasteiger partial charge is 0.493 e. The van der Waals surface area contributed by atoms with Crippen molar-refractivity contribution in [1.29, 1.82) is 0 Å². The highest BCUT2D eigenvalue weighted by atomic mass is 16.5. The Kier molecular flexibility index (Phi) is 5.07. The maximum atomic E-state index is 12.5. The molecule has 1 amide bonds. The fourth-order valence-corrected chi connectivity index (χ4v) is 2.74. The van der Waals surface area contributed by atoms with Crippen molar-refractivity contribution in [3.8, 4) is 5.75 Å². The number of piperidine rings is 1. The average Bonchev–Trinajstić information content (AvgIpc) is 2.43. The molecule has 2 unspecified atom stereocenters. The smallest absolute Gasteiger partial charge is 0.257 e. The van der Waals surface area contributed by atoms with Crippen molar-refractivity contribution in [2.45, 2.75) is 38.8 Å². The van der Waals surface area contributed by atoms with Gasteiger partial charge in [-0.2, -0.15) is 0 Å². The van der Waals surface area contributed by atoms with Crippen LogP contribution in [0.3, 0.4) is 0 Å². The molecule has 116 valence electrons. The lowest BCUT2D eigenvalue weighted by atomic mass is 9.98. The minimum atomic E-state index is -0.140. The van der Waals surface area contributed by atoms with Gasteiger partial charge >= 0.3 is 0 Å². The van der Waals surface area contributed by atoms with E-state index in [9.17, 15) is 4.79 Å². The van der Waals surface area contributed by atoms with Gasteiger partial charge in [-0.1, -0.05) is 6.07 Å². The summed E-state index contributed by atoms with van der Waals surface area (Å²) in [5.74, 6) is 0.411. The maximum absolute atomic E-state index is 12.5. The number of hydrogen-bond donors (Lipinski definition) is 2. The highest BCUT2D eigenvalue weighted by Gasteiger charge is 2.25. The molecule has 5 nitrogen and oxygen atoms in total. The molecule has 0 radical (unpaired) electrons. The molecule has 5 heteroatoms. The minimum Gasteiger partial charge on any atom is -0.493 e. The van der Waals surface area contributed by atoms with Crippen molar-refractivity contribution in [3.05, 3.63) is 23.8 Å². The predicted molar refractivity (Wildman–Crippen MR) is 84.6 cm³/mol. The third-order valence-corrected chi connectivity index (χ3v) is 4.13. The first-order valence-corrected chi connectivity index (χ1v) is 7.55. The molecule has 0 saturated carbocycles. The number of rotatable bonds is 4. The Morgan fingerprint density at radius 2 is 2.29 bits per heavy atom. The van der Waals surface area contributed by atoms with Crippen LogP contribution in [0.25, 0.3) is 0 Å². The minimum absolute atomic E-state index is 0.140. The van der Waals surface area contributed by atoms with Crippen LogP contribution in [0.15, 0.2) is 18.2 Å². The van der Waals surface area contributed by atoms with Gasteiger partial charge in [0.05, 0.1) is 6.61 Å². The van der Waals surface area contributed by atoms with Gasteiger partial charge in [0.15, 0.2) is 0 Å². The van der Waals surface area contributed by atoms with Crippen molar-refractivity contribution in [1.82, 2.24) is 10.2 Å². The van der Waals surface area contributed by atoms with Crippen molar-refractivity contribution in [2.24, 2.45) is 0 Å². The van der Waals surface area contributed by atoms with Crippen LogP contribution in [-0.4, -0.2) is 43.1 Å². The highest BCUT2D eigenvalue weighted by molar-refractivity contribution is 6.02. The molecule has 2 atom stereocenters. The summed E-state index contributed by atoms with van der Waals surface area (Å²) in [6, 6.07) is 5.98. The zero-order chi connectivity index (χ0) is 15.4. The molecule has 1 aromatic carbocycles. The van der Waals surface area contributed by atoms with Gasteiger partial charge in [0.1, 0.15) is 11.3 Å². The standard InChI is InChI=1S/C16H25N3O2/c1-4-21-14-7-5-6-13(17)15(14)16(20)18-12-8-9-19(3)11(2)10-12/h5-7,11-12H,4,8-10,17H2,1-3H3,(H,18,20). The number of carbonyl (C=O) groups excluding carboxylic acids is 1. The first-order valence-electron chi connectivity index (χ1n) is 7.55. The molecule has 1 aromatic rings. The molecule has 1 aliphatic heterocycles. The summed E-state index contributed by atoms with van der Waals surface area (Å²) >= 11 is 0. The quantitative estimate of drug-likeness (QED) is 0.831. The summed E-state index contributed by atoms with van der Waals surface area (Å²) in [6.07, 6.45) is 1.92. The average molecular weight is 291 g/mol. The third kappa shape index (κ3) is 3.67. The molecule has 1 saturated heterocycles. The number of amides is 1. The van der Waals surface area contributed by atoms with Crippen LogP contribution in [0.4, 0.5) is 5.69 Å². The molecular weight excluding hydrogens is 266 g/mol. The van der Waals surface area contributed by atoms with Gasteiger partial charge in [0.25, 0.3) is 5.91 Å². The van der Waals surface area contributed by atoms with Crippen molar-refractivity contribution in [3.63, 3.8) is 0 Å². The van der Waals surface area contributed by atoms with Crippen LogP contribution in [-0.2, 0) is 0 Å². The van der Waals surface area contributed by atoms with Crippen molar-refractivity contribution >= 4 is 11.6 Å². The number of ether oxygens (including phenoxy) is 1. The second kappa shape index (κ2) is 6.80. The lowest BCUT2D eigenvalue weighted by molar-refractivity contribution is 0.0894. The second-order valence-electron chi connectivity index (χ2n) is 5.68. The molecule has 3 N–H and O–H groups in total. The molecule has 1 heterocycles. The SMILES string of the molecule is CCOc1cccc(N)c1C(=O)NC1CCN(C)C(C)C1. The van der Waals surface area contributed by atoms with Crippen LogP contribution in [0.2, 0.25) is 0 Å². The Morgan fingerprint density at radius 3 is 2.95 bits per heavy atom. The normalized spacial score (nSPS) is 22.8. The number of benzene rings is 1. The number of carbonyl (C=O) groups is 1. The Labute approximate surface area is 126 Å². The van der Waals surface area contributed by atoms with E-state index in [2.05, 4.69) is 24.2 Å². The fourth-order valence-electron chi connectivity index (χ4n) is 2.74. The number of nitrogens with one attached hydrogen (secondary N) is 1. The van der Waals surface area contributed by atoms with Crippen molar-refractivity contribution in [2.75, 3.05) is 25.9 Å². The van der Waals surface area contributed by atoms with E-state index in [-0.39, 0.29) is 11.9 Å². The first kappa shape index (κ1) is 15.6. The van der Waals surface area contributed by atoms with E-state index in [0.717, 1.165) is 19.4 Å². The van der Waals surface area contributed by atoms with Crippen LogP contribution >= 0.6 is 0 Å². The van der Waals surface area contributed by atoms with Crippen LogP contribution in [0.5, 0.6) is 5.75 Å². The van der Waals surface area contributed by atoms with Gasteiger partial charge in [-0.15, -0.1) is 0 Å². The number of likely N-dealkylation sites (tertiary alicyclic amines) is 1. The molecule has 0 aromatic heterocycles. The van der Waals surface area contributed by atoms with Gasteiger partial charge in [-0.25, -0.2) is 0 Å². The van der Waals surface area contributed by atoms with Gasteiger partial charge < -0.3 is 20.7 Å². The maximum Gasteiger partial charge on any atom is 0.257 e. The number of nitrogen functional groups attached to an aromatic ring is 1. The molecule has 1 fully saturated rings. The number of hydrogen-bond acceptors (Lipinski definition) is 4. The highest BCUT2D eigenvalue weighted by Crippen LogP contribution is 2.25. The third-order valence-electron chi connectivity index (χ3n) is 4.13. The van der Waals surface area contributed by atoms with E-state index in [1.165, 1.54) is 0 Å². The number of nitrogens with zero attached hydrogens (tertiary/aromatic N) is 1. The van der Waals surface area contributed by atoms with Gasteiger partial charge in [-0.05, 0) is 45.9 Å². The van der Waals surface area contributed by atoms with E-state index < -0.39 is 0 Å². The Hall–Kier alpha value is -1.75. The molecule has 21 heavy (non-hydrogen) atoms. The number of anilines is 1. The van der Waals surface area contributed by atoms with Gasteiger partial charge in [0.2, 0.25) is 0 Å². The lowest BCUT2D eigenvalue weighted by Gasteiger charge is -2.35. The topological polar surface area (TPSA) is 67.6 Å². The van der Waals surface area contributed by atoms with Crippen LogP contribution in [0.1, 0.15) is 37.0 Å². The summed E-state index contributed by atoms with van der Waals surface area (Å²) in [5, 5.41) is 3.10. The van der Waals surface area contributed by atoms with E-state index in [1.54, 1.807) is 18.2 Å². The molecule has 0 aliphatic carbocycles. The fraction of sp³-hybridized carbons (Fsp3) is 0.562. The van der Waals surface area contributed by atoms with Gasteiger partial charge in [0, 0.05) is 24.3 Å². The monoisotopic (exact) mass is 291 g/mol. The Balaban J connectivity index is 2.10. The zero-order valence-electron chi connectivity index (χ0n) is 13.1. The summed E-state index contributed by atoms with van der Waals surface area (Å²) in [4.78, 5) is 14.8. The molecule has 0 bridgehead atoms. The Bertz CT molecular complexity index is 504. The summed E-state index contributed by atoms with van der Waals surface area (Å²) in [6.45, 7) is 5.58. The molecule has 2 rings (SSSR count). The lowest BCUT2D eigenvalue weighted by Crippen LogP contribution is -2.47. The first-order chi connectivity index (χ1) is 10.0. The molecule has 0 spiro atoms. The van der Waals surface area contributed by atoms with Crippen LogP contribution in [0, 0.1) is 0 Å². The summed E-state index contributed by atoms with van der Waals surface area (Å²) in [7, 11) is 2.12. The summed E-state index contributed by atoms with van der Waals surface area (Å²) in [5.41, 5.74) is 6.87. The zero-order valence-corrected chi connectivity index (χ0v) is 13.1. The van der Waals surface area contributed by atoms with E-state index >= 15 is 0 Å². The van der Waals surface area contributed by atoms with Gasteiger partial charge in [-0.3, -0.25) is 4.79 Å². The number of nitrogens with two attached hydrogens (primary N) is 1. The molecule has 1 aliphatic rings.